The fraction of sp³-hybridized carbons (Fsp3) is 0.273. The molecular weight excluding hydrogens is 296 g/mol. The maximum atomic E-state index is 10.7. The van der Waals surface area contributed by atoms with E-state index in [1.165, 1.54) is 0 Å². The average Bonchev–Trinajstić information content (AvgIpc) is 2.66. The number of hydrogen-bond acceptors (Lipinski definition) is 2. The van der Waals surface area contributed by atoms with Gasteiger partial charge in [0.25, 0.3) is 0 Å². The highest BCUT2D eigenvalue weighted by Crippen LogP contribution is 2.30. The molecule has 0 aliphatic rings. The molecule has 2 nitrogen and oxygen atoms in total. The maximum Gasteiger partial charge on any atom is 0.150 e. The van der Waals surface area contributed by atoms with Crippen molar-refractivity contribution in [3.8, 4) is 24.7 Å². The summed E-state index contributed by atoms with van der Waals surface area (Å²) in [5.41, 5.74) is -1.16. The molecule has 24 heavy (non-hydrogen) atoms. The number of hydrogen-bond donors (Lipinski definition) is 2. The van der Waals surface area contributed by atoms with E-state index in [1.807, 2.05) is 60.7 Å². The summed E-state index contributed by atoms with van der Waals surface area (Å²) in [6, 6.07) is 18.5. The zero-order valence-electron chi connectivity index (χ0n) is 13.7. The quantitative estimate of drug-likeness (QED) is 0.605. The number of unbranched alkanes of at least 4 members (excludes halogenated alkanes) is 1. The molecule has 2 N–H and O–H groups in total. The standard InChI is InChI=1S/C22H22O2/c1-3-21(23,19-13-7-5-8-14-19)17-11-12-18-22(24,4-2)20-15-9-6-10-16-20/h1-2,5-10,13-16,23-24H,11-12,17-18H2/t21-,22-/m1/s1. The van der Waals surface area contributed by atoms with Crippen molar-refractivity contribution in [1.82, 2.24) is 0 Å². The van der Waals surface area contributed by atoms with Crippen LogP contribution in [0, 0.1) is 24.7 Å². The summed E-state index contributed by atoms with van der Waals surface area (Å²) in [6.07, 6.45) is 13.2. The van der Waals surface area contributed by atoms with Gasteiger partial charge in [-0.1, -0.05) is 72.5 Å². The highest BCUT2D eigenvalue weighted by atomic mass is 16.3. The Kier molecular flexibility index (Phi) is 5.83. The molecular formula is C22H22O2. The Labute approximate surface area is 144 Å². The molecule has 0 amide bonds. The second kappa shape index (κ2) is 7.84. The van der Waals surface area contributed by atoms with E-state index in [2.05, 4.69) is 11.8 Å². The van der Waals surface area contributed by atoms with Crippen molar-refractivity contribution < 1.29 is 10.2 Å². The van der Waals surface area contributed by atoms with E-state index in [4.69, 9.17) is 12.8 Å². The monoisotopic (exact) mass is 318 g/mol. The highest BCUT2D eigenvalue weighted by Gasteiger charge is 2.28. The van der Waals surface area contributed by atoms with Crippen LogP contribution in [-0.4, -0.2) is 10.2 Å². The molecule has 2 aromatic rings. The Morgan fingerprint density at radius 2 is 1.00 bits per heavy atom. The zero-order chi connectivity index (χ0) is 17.5. The van der Waals surface area contributed by atoms with Gasteiger partial charge in [0.1, 0.15) is 0 Å². The SMILES string of the molecule is C#C[C@@](O)(CCCC[C@](O)(C#C)c1ccccc1)c1ccccc1. The van der Waals surface area contributed by atoms with Crippen molar-refractivity contribution in [2.45, 2.75) is 36.9 Å². The summed E-state index contributed by atoms with van der Waals surface area (Å²) in [6.45, 7) is 0. The Hall–Kier alpha value is -2.52. The number of aliphatic hydroxyl groups is 2. The van der Waals surface area contributed by atoms with E-state index >= 15 is 0 Å². The molecule has 0 bridgehead atoms. The first kappa shape index (κ1) is 17.8. The number of rotatable bonds is 7. The minimum atomic E-state index is -1.29. The third-order valence-electron chi connectivity index (χ3n) is 4.31. The first-order valence-electron chi connectivity index (χ1n) is 8.05. The van der Waals surface area contributed by atoms with Crippen LogP contribution in [0.4, 0.5) is 0 Å². The molecule has 0 aliphatic carbocycles. The van der Waals surface area contributed by atoms with Crippen molar-refractivity contribution in [1.29, 1.82) is 0 Å². The molecule has 0 aromatic heterocycles. The normalized spacial score (nSPS) is 15.5. The lowest BCUT2D eigenvalue weighted by Crippen LogP contribution is -2.25. The molecule has 2 rings (SSSR count). The smallest absolute Gasteiger partial charge is 0.150 e. The topological polar surface area (TPSA) is 40.5 Å². The molecule has 2 atom stereocenters. The van der Waals surface area contributed by atoms with E-state index in [1.54, 1.807) is 0 Å². The lowest BCUT2D eigenvalue weighted by molar-refractivity contribution is 0.0712. The first-order chi connectivity index (χ1) is 11.5. The highest BCUT2D eigenvalue weighted by molar-refractivity contribution is 5.31. The molecule has 122 valence electrons. The van der Waals surface area contributed by atoms with Gasteiger partial charge in [-0.3, -0.25) is 0 Å². The summed E-state index contributed by atoms with van der Waals surface area (Å²) in [5, 5.41) is 21.3. The molecule has 0 heterocycles. The van der Waals surface area contributed by atoms with Crippen molar-refractivity contribution in [2.75, 3.05) is 0 Å². The zero-order valence-corrected chi connectivity index (χ0v) is 13.7. The largest absolute Gasteiger partial charge is 0.373 e. The van der Waals surface area contributed by atoms with E-state index in [9.17, 15) is 10.2 Å². The van der Waals surface area contributed by atoms with Crippen LogP contribution in [0.15, 0.2) is 60.7 Å². The first-order valence-corrected chi connectivity index (χ1v) is 8.05. The van der Waals surface area contributed by atoms with E-state index in [0.29, 0.717) is 36.8 Å². The van der Waals surface area contributed by atoms with Crippen LogP contribution in [0.2, 0.25) is 0 Å². The number of terminal acetylenes is 2. The molecule has 2 heteroatoms. The third-order valence-corrected chi connectivity index (χ3v) is 4.31. The average molecular weight is 318 g/mol. The van der Waals surface area contributed by atoms with E-state index < -0.39 is 11.2 Å². The second-order valence-corrected chi connectivity index (χ2v) is 5.95. The Balaban J connectivity index is 1.97. The molecule has 0 aliphatic heterocycles. The van der Waals surface area contributed by atoms with Gasteiger partial charge in [0.05, 0.1) is 0 Å². The summed E-state index contributed by atoms with van der Waals surface area (Å²) in [7, 11) is 0. The molecule has 0 saturated carbocycles. The fourth-order valence-electron chi connectivity index (χ4n) is 2.79. The van der Waals surface area contributed by atoms with Crippen LogP contribution in [0.1, 0.15) is 36.8 Å². The summed E-state index contributed by atoms with van der Waals surface area (Å²) < 4.78 is 0. The molecule has 0 fully saturated rings. The lowest BCUT2D eigenvalue weighted by atomic mass is 9.85. The van der Waals surface area contributed by atoms with Gasteiger partial charge in [0, 0.05) is 0 Å². The van der Waals surface area contributed by atoms with E-state index in [-0.39, 0.29) is 0 Å². The van der Waals surface area contributed by atoms with Gasteiger partial charge in [-0.15, -0.1) is 12.8 Å². The van der Waals surface area contributed by atoms with E-state index in [0.717, 1.165) is 0 Å². The minimum Gasteiger partial charge on any atom is -0.373 e. The predicted octanol–water partition coefficient (Wildman–Crippen LogP) is 3.59. The molecule has 2 aromatic carbocycles. The maximum absolute atomic E-state index is 10.7. The van der Waals surface area contributed by atoms with Crippen molar-refractivity contribution >= 4 is 0 Å². The summed E-state index contributed by atoms with van der Waals surface area (Å²) >= 11 is 0. The third kappa shape index (κ3) is 4.06. The van der Waals surface area contributed by atoms with Gasteiger partial charge >= 0.3 is 0 Å². The Morgan fingerprint density at radius 1 is 0.667 bits per heavy atom. The summed E-state index contributed by atoms with van der Waals surface area (Å²) in [4.78, 5) is 0. The number of benzene rings is 2. The predicted molar refractivity (Wildman–Crippen MR) is 96.8 cm³/mol. The van der Waals surface area contributed by atoms with Gasteiger partial charge in [0.15, 0.2) is 11.2 Å². The van der Waals surface area contributed by atoms with Gasteiger partial charge < -0.3 is 10.2 Å². The van der Waals surface area contributed by atoms with Gasteiger partial charge in [0.2, 0.25) is 0 Å². The molecule has 0 unspecified atom stereocenters. The van der Waals surface area contributed by atoms with Crippen LogP contribution in [-0.2, 0) is 11.2 Å². The Bertz CT molecular complexity index is 659. The van der Waals surface area contributed by atoms with Crippen molar-refractivity contribution in [2.24, 2.45) is 0 Å². The second-order valence-electron chi connectivity index (χ2n) is 5.95. The van der Waals surface area contributed by atoms with Gasteiger partial charge in [-0.2, -0.15) is 0 Å². The molecule has 0 radical (unpaired) electrons. The van der Waals surface area contributed by atoms with Crippen molar-refractivity contribution in [3.63, 3.8) is 0 Å². The summed E-state index contributed by atoms with van der Waals surface area (Å²) in [5.74, 6) is 4.98. The lowest BCUT2D eigenvalue weighted by Gasteiger charge is -2.25. The van der Waals surface area contributed by atoms with Crippen LogP contribution in [0.5, 0.6) is 0 Å². The van der Waals surface area contributed by atoms with Gasteiger partial charge in [-0.05, 0) is 36.8 Å². The molecule has 0 spiro atoms. The van der Waals surface area contributed by atoms with Crippen LogP contribution in [0.25, 0.3) is 0 Å². The fourth-order valence-corrected chi connectivity index (χ4v) is 2.79. The minimum absolute atomic E-state index is 0.420. The molecule has 0 saturated heterocycles. The van der Waals surface area contributed by atoms with Crippen LogP contribution >= 0.6 is 0 Å². The van der Waals surface area contributed by atoms with Crippen LogP contribution < -0.4 is 0 Å². The van der Waals surface area contributed by atoms with Crippen LogP contribution in [0.3, 0.4) is 0 Å². The van der Waals surface area contributed by atoms with Gasteiger partial charge in [-0.25, -0.2) is 0 Å². The van der Waals surface area contributed by atoms with Crippen molar-refractivity contribution in [3.05, 3.63) is 71.8 Å². The Morgan fingerprint density at radius 3 is 1.29 bits per heavy atom.